The van der Waals surface area contributed by atoms with Crippen LogP contribution in [0.1, 0.15) is 33.4 Å². The van der Waals surface area contributed by atoms with Crippen LogP contribution in [0.15, 0.2) is 328 Å². The van der Waals surface area contributed by atoms with E-state index in [9.17, 15) is 0 Å². The molecule has 0 bridgehead atoms. The van der Waals surface area contributed by atoms with E-state index in [2.05, 4.69) is 424 Å². The molecular weight excluding hydrogens is 1240 g/mol. The summed E-state index contributed by atoms with van der Waals surface area (Å²) in [5.41, 5.74) is 15.7. The third kappa shape index (κ3) is 13.0. The zero-order valence-corrected chi connectivity index (χ0v) is 62.5. The van der Waals surface area contributed by atoms with Gasteiger partial charge in [-0.1, -0.05) is 286 Å². The molecule has 0 aliphatic carbocycles. The second-order valence-corrected chi connectivity index (χ2v) is 39.6. The highest BCUT2D eigenvalue weighted by Crippen LogP contribution is 2.33. The molecule has 3 heterocycles. The Balaban J connectivity index is 0.000000133. The first kappa shape index (κ1) is 67.1. The SMILES string of the molecule is Cc1cc(C)c(C)c(-c2c3ccc([Si](C)(c4ccccc4)c4ccccc4)cc3cc[n+]2C)c1.Cc1ccc(C)c(-c2c3ccc([Si](C)(c4ccccc4)c4ccccc4)cc3cc[n+]2C)c1.Cc1ccccc1-c1c2ccc([Si](C)(c3ccccc3)c3ccccc3)cc2cc[n+]1C. The molecule has 0 saturated carbocycles. The van der Waals surface area contributed by atoms with Crippen molar-refractivity contribution in [2.75, 3.05) is 0 Å². The van der Waals surface area contributed by atoms with Gasteiger partial charge in [-0.15, -0.1) is 0 Å². The third-order valence-corrected chi connectivity index (χ3v) is 34.7. The van der Waals surface area contributed by atoms with Crippen molar-refractivity contribution >= 4 is 103 Å². The van der Waals surface area contributed by atoms with Crippen LogP contribution in [0, 0.1) is 41.5 Å². The lowest BCUT2D eigenvalue weighted by Gasteiger charge is -2.29. The predicted octanol–water partition coefficient (Wildman–Crippen LogP) is 15.1. The Labute approximate surface area is 590 Å². The lowest BCUT2D eigenvalue weighted by atomic mass is 9.94. The number of rotatable bonds is 12. The second kappa shape index (κ2) is 28.5. The summed E-state index contributed by atoms with van der Waals surface area (Å²) in [4.78, 5) is 0. The first-order chi connectivity index (χ1) is 48.0. The molecule has 486 valence electrons. The lowest BCUT2D eigenvalue weighted by Crippen LogP contribution is -2.64. The zero-order chi connectivity index (χ0) is 69.0. The fourth-order valence-electron chi connectivity index (χ4n) is 15.3. The van der Waals surface area contributed by atoms with E-state index in [-0.39, 0.29) is 0 Å². The summed E-state index contributed by atoms with van der Waals surface area (Å²) in [6.07, 6.45) is 6.60. The first-order valence-electron chi connectivity index (χ1n) is 34.8. The van der Waals surface area contributed by atoms with E-state index in [1.807, 2.05) is 0 Å². The first-order valence-corrected chi connectivity index (χ1v) is 42.3. The molecule has 15 aromatic rings. The topological polar surface area (TPSA) is 11.6 Å². The average molecular weight is 1330 g/mol. The molecule has 0 fully saturated rings. The highest BCUT2D eigenvalue weighted by molar-refractivity contribution is 7.12. The number of nitrogens with zero attached hydrogens (tertiary/aromatic N) is 3. The maximum absolute atomic E-state index is 2.48. The molecule has 3 nitrogen and oxygen atoms in total. The molecular formula is C93H90N3Si3+3. The highest BCUT2D eigenvalue weighted by atomic mass is 28.3. The van der Waals surface area contributed by atoms with E-state index in [1.165, 1.54) is 146 Å². The van der Waals surface area contributed by atoms with Crippen LogP contribution >= 0.6 is 0 Å². The van der Waals surface area contributed by atoms with E-state index in [0.717, 1.165) is 0 Å². The lowest BCUT2D eigenvalue weighted by molar-refractivity contribution is -0.659. The number of fused-ring (bicyclic) bond motifs is 3. The summed E-state index contributed by atoms with van der Waals surface area (Å²) in [5, 5.41) is 20.7. The molecule has 0 saturated heterocycles. The molecule has 0 unspecified atom stereocenters. The van der Waals surface area contributed by atoms with Crippen LogP contribution in [0.2, 0.25) is 19.6 Å². The maximum atomic E-state index is 2.48. The molecule has 0 amide bonds. The Morgan fingerprint density at radius 3 is 0.859 bits per heavy atom. The van der Waals surface area contributed by atoms with E-state index in [0.29, 0.717) is 0 Å². The van der Waals surface area contributed by atoms with Gasteiger partial charge < -0.3 is 0 Å². The molecule has 0 radical (unpaired) electrons. The fourth-order valence-corrected chi connectivity index (χ4v) is 26.0. The normalized spacial score (nSPS) is 11.6. The molecule has 12 aromatic carbocycles. The van der Waals surface area contributed by atoms with Crippen LogP contribution in [0.5, 0.6) is 0 Å². The van der Waals surface area contributed by atoms with Gasteiger partial charge in [-0.25, -0.2) is 13.7 Å². The standard InChI is InChI=1S/C32H32NSi.C31H30NSi.C30H28NSi/c1-23-20-24(2)25(3)31(21-23)32-30-17-16-29(22-26(30)18-19-33(32)4)34(5,27-12-8-6-9-13-27)28-14-10-7-11-15-28;1-23-15-16-24(2)30(21-23)31-29-18-17-28(22-25(29)19-20-32(31)3)33(4,26-11-7-5-8-12-26)27-13-9-6-10-14-27;1-23-12-10-11-17-28(23)30-29-19-18-27(22-24(29)20-21-31(30)2)32(3,25-13-6-4-7-14-25)26-15-8-5-9-16-26/h6-22H,1-5H3;5-22H,1-4H3;4-22H,1-3H3/q3*+1. The van der Waals surface area contributed by atoms with E-state index >= 15 is 0 Å². The van der Waals surface area contributed by atoms with Crippen LogP contribution in [0.4, 0.5) is 0 Å². The Morgan fingerprint density at radius 1 is 0.222 bits per heavy atom. The number of aryl methyl sites for hydroxylation is 8. The van der Waals surface area contributed by atoms with Crippen LogP contribution in [0.25, 0.3) is 66.1 Å². The van der Waals surface area contributed by atoms with Gasteiger partial charge >= 0.3 is 0 Å². The van der Waals surface area contributed by atoms with Crippen molar-refractivity contribution in [1.82, 2.24) is 0 Å². The molecule has 99 heavy (non-hydrogen) atoms. The monoisotopic (exact) mass is 1330 g/mol. The number of aromatic nitrogens is 3. The van der Waals surface area contributed by atoms with Crippen molar-refractivity contribution in [2.24, 2.45) is 21.1 Å². The van der Waals surface area contributed by atoms with Crippen molar-refractivity contribution in [1.29, 1.82) is 0 Å². The molecule has 6 heteroatoms. The van der Waals surface area contributed by atoms with Crippen molar-refractivity contribution in [3.63, 3.8) is 0 Å². The van der Waals surface area contributed by atoms with Gasteiger partial charge in [-0.05, 0) is 163 Å². The third-order valence-electron chi connectivity index (χ3n) is 21.4. The van der Waals surface area contributed by atoms with Crippen molar-refractivity contribution in [3.8, 4) is 33.8 Å². The Hall–Kier alpha value is -10.5. The van der Waals surface area contributed by atoms with Crippen molar-refractivity contribution in [2.45, 2.75) is 61.2 Å². The average Bonchev–Trinajstić information content (AvgIpc) is 0.761. The molecule has 0 atom stereocenters. The second-order valence-electron chi connectivity index (χ2n) is 27.7. The zero-order valence-electron chi connectivity index (χ0n) is 59.5. The minimum absolute atomic E-state index is 1.27. The minimum Gasteiger partial charge on any atom is -0.200 e. The minimum atomic E-state index is -2.14. The Morgan fingerprint density at radius 2 is 0.515 bits per heavy atom. The molecule has 3 aromatic heterocycles. The van der Waals surface area contributed by atoms with Gasteiger partial charge in [0.1, 0.15) is 45.4 Å². The van der Waals surface area contributed by atoms with Gasteiger partial charge in [0.05, 0.1) is 21.7 Å². The number of pyridine rings is 3. The Kier molecular flexibility index (Phi) is 19.3. The summed E-state index contributed by atoms with van der Waals surface area (Å²) in [7, 11) is 0.0545. The van der Waals surface area contributed by atoms with E-state index < -0.39 is 24.2 Å². The van der Waals surface area contributed by atoms with Crippen molar-refractivity contribution < 1.29 is 13.7 Å². The fraction of sp³-hybridized carbons (Fsp3) is 0.129. The van der Waals surface area contributed by atoms with Gasteiger partial charge in [0.2, 0.25) is 17.1 Å². The van der Waals surface area contributed by atoms with E-state index in [1.54, 1.807) is 0 Å². The van der Waals surface area contributed by atoms with E-state index in [4.69, 9.17) is 0 Å². The molecule has 15 rings (SSSR count). The molecule has 0 N–H and O–H groups in total. The number of hydrogen-bond acceptors (Lipinski definition) is 0. The summed E-state index contributed by atoms with van der Waals surface area (Å²) in [6, 6.07) is 115. The van der Waals surface area contributed by atoms with Crippen molar-refractivity contribution in [3.05, 3.63) is 361 Å². The van der Waals surface area contributed by atoms with Crippen LogP contribution in [-0.2, 0) is 21.1 Å². The summed E-state index contributed by atoms with van der Waals surface area (Å²) < 4.78 is 6.78. The Bertz CT molecular complexity index is 5270. The number of benzene rings is 12. The van der Waals surface area contributed by atoms with Gasteiger partial charge in [0.25, 0.3) is 0 Å². The van der Waals surface area contributed by atoms with Gasteiger partial charge in [0.15, 0.2) is 18.6 Å². The molecule has 0 spiro atoms. The quantitative estimate of drug-likeness (QED) is 0.0656. The van der Waals surface area contributed by atoms with Crippen LogP contribution in [-0.4, -0.2) is 24.2 Å². The largest absolute Gasteiger partial charge is 0.220 e. The van der Waals surface area contributed by atoms with Gasteiger partial charge in [-0.2, -0.15) is 0 Å². The molecule has 0 aliphatic heterocycles. The van der Waals surface area contributed by atoms with Gasteiger partial charge in [0, 0.05) is 29.3 Å². The summed E-state index contributed by atoms with van der Waals surface area (Å²) in [6.45, 7) is 20.7. The number of hydrogen-bond donors (Lipinski definition) is 0. The highest BCUT2D eigenvalue weighted by Gasteiger charge is 2.38. The summed E-state index contributed by atoms with van der Waals surface area (Å²) in [5.74, 6) is 0. The summed E-state index contributed by atoms with van der Waals surface area (Å²) >= 11 is 0. The smallest absolute Gasteiger partial charge is 0.200 e. The van der Waals surface area contributed by atoms with Crippen LogP contribution in [0.3, 0.4) is 0 Å². The predicted molar refractivity (Wildman–Crippen MR) is 430 cm³/mol. The van der Waals surface area contributed by atoms with Crippen LogP contribution < -0.4 is 60.4 Å². The molecule has 0 aliphatic rings. The maximum Gasteiger partial charge on any atom is 0.220 e. The van der Waals surface area contributed by atoms with Gasteiger partial charge in [-0.3, -0.25) is 0 Å².